The lowest BCUT2D eigenvalue weighted by atomic mass is 10.1. The van der Waals surface area contributed by atoms with Gasteiger partial charge < -0.3 is 9.73 Å². The number of furan rings is 1. The van der Waals surface area contributed by atoms with Gasteiger partial charge in [-0.2, -0.15) is 0 Å². The van der Waals surface area contributed by atoms with Crippen molar-refractivity contribution in [1.29, 1.82) is 0 Å². The maximum atomic E-state index is 13.5. The van der Waals surface area contributed by atoms with E-state index in [1.807, 2.05) is 0 Å². The first-order chi connectivity index (χ1) is 9.49. The second kappa shape index (κ2) is 5.86. The van der Waals surface area contributed by atoms with Crippen LogP contribution in [0.5, 0.6) is 0 Å². The van der Waals surface area contributed by atoms with Crippen molar-refractivity contribution >= 4 is 5.91 Å². The molecule has 0 aliphatic rings. The smallest absolute Gasteiger partial charge is 0.255 e. The lowest BCUT2D eigenvalue weighted by Gasteiger charge is -2.14. The van der Waals surface area contributed by atoms with Crippen LogP contribution in [0.3, 0.4) is 0 Å². The number of hydrogen-bond donors (Lipinski definition) is 1. The van der Waals surface area contributed by atoms with Crippen molar-refractivity contribution in [1.82, 2.24) is 5.32 Å². The van der Waals surface area contributed by atoms with Crippen molar-refractivity contribution in [3.05, 3.63) is 59.1 Å². The highest BCUT2D eigenvalue weighted by atomic mass is 19.1. The van der Waals surface area contributed by atoms with Crippen molar-refractivity contribution in [2.24, 2.45) is 0 Å². The minimum absolute atomic E-state index is 0.0239. The molecule has 1 amide bonds. The van der Waals surface area contributed by atoms with Crippen LogP contribution < -0.4 is 5.32 Å². The van der Waals surface area contributed by atoms with Crippen LogP contribution in [-0.2, 0) is 6.42 Å². The quantitative estimate of drug-likeness (QED) is 0.933. The largest absolute Gasteiger partial charge is 0.469 e. The minimum Gasteiger partial charge on any atom is -0.469 e. The normalized spacial score (nSPS) is 12.2. The Morgan fingerprint density at radius 2 is 1.95 bits per heavy atom. The van der Waals surface area contributed by atoms with Crippen LogP contribution in [-0.4, -0.2) is 11.9 Å². The number of carbonyl (C=O) groups excluding carboxylic acids is 1. The Kier molecular flexibility index (Phi) is 4.17. The van der Waals surface area contributed by atoms with Gasteiger partial charge in [0.2, 0.25) is 0 Å². The molecule has 0 fully saturated rings. The zero-order valence-electron chi connectivity index (χ0n) is 11.2. The van der Waals surface area contributed by atoms with Gasteiger partial charge >= 0.3 is 0 Å². The third kappa shape index (κ3) is 3.04. The first-order valence-corrected chi connectivity index (χ1v) is 6.27. The van der Waals surface area contributed by atoms with E-state index in [9.17, 15) is 13.6 Å². The fourth-order valence-corrected chi connectivity index (χ4v) is 2.01. The Bertz CT molecular complexity index is 602. The number of benzene rings is 1. The Morgan fingerprint density at radius 1 is 1.30 bits per heavy atom. The summed E-state index contributed by atoms with van der Waals surface area (Å²) in [6.07, 6.45) is 1.51. The maximum Gasteiger partial charge on any atom is 0.255 e. The summed E-state index contributed by atoms with van der Waals surface area (Å²) in [4.78, 5) is 11.9. The highest BCUT2D eigenvalue weighted by Crippen LogP contribution is 2.15. The molecule has 1 heterocycles. The number of nitrogens with one attached hydrogen (secondary N) is 1. The zero-order chi connectivity index (χ0) is 14.7. The Morgan fingerprint density at radius 3 is 2.50 bits per heavy atom. The Hall–Kier alpha value is -2.17. The monoisotopic (exact) mass is 279 g/mol. The summed E-state index contributed by atoms with van der Waals surface area (Å²) in [6.45, 7) is 3.37. The summed E-state index contributed by atoms with van der Waals surface area (Å²) in [5.41, 5.74) is 0.398. The van der Waals surface area contributed by atoms with Crippen molar-refractivity contribution in [3.63, 3.8) is 0 Å². The van der Waals surface area contributed by atoms with Crippen LogP contribution in [0.15, 0.2) is 34.9 Å². The number of halogens is 2. The number of carbonyl (C=O) groups is 1. The van der Waals surface area contributed by atoms with E-state index in [1.165, 1.54) is 24.5 Å². The van der Waals surface area contributed by atoms with Crippen molar-refractivity contribution in [3.8, 4) is 0 Å². The molecule has 1 aromatic heterocycles. The molecule has 2 aromatic rings. The fourth-order valence-electron chi connectivity index (χ4n) is 2.01. The predicted octanol–water partition coefficient (Wildman–Crippen LogP) is 3.23. The number of amides is 1. The highest BCUT2D eigenvalue weighted by molar-refractivity contribution is 5.95. The molecule has 0 spiro atoms. The van der Waals surface area contributed by atoms with E-state index < -0.39 is 17.7 Å². The SMILES string of the molecule is Cc1occc1C(=O)N[C@@H](C)Cc1c(F)cccc1F. The molecule has 0 bridgehead atoms. The summed E-state index contributed by atoms with van der Waals surface area (Å²) >= 11 is 0. The third-order valence-corrected chi connectivity index (χ3v) is 3.05. The lowest BCUT2D eigenvalue weighted by Crippen LogP contribution is -2.34. The molecule has 1 N–H and O–H groups in total. The Balaban J connectivity index is 2.05. The molecule has 0 saturated heterocycles. The van der Waals surface area contributed by atoms with Crippen molar-refractivity contribution < 1.29 is 18.0 Å². The third-order valence-electron chi connectivity index (χ3n) is 3.05. The van der Waals surface area contributed by atoms with Gasteiger partial charge in [-0.15, -0.1) is 0 Å². The van der Waals surface area contributed by atoms with Gasteiger partial charge in [0, 0.05) is 11.6 Å². The molecule has 106 valence electrons. The van der Waals surface area contributed by atoms with Crippen LogP contribution in [0.2, 0.25) is 0 Å². The number of hydrogen-bond acceptors (Lipinski definition) is 2. The second-order valence-corrected chi connectivity index (χ2v) is 4.67. The van der Waals surface area contributed by atoms with E-state index in [1.54, 1.807) is 19.9 Å². The van der Waals surface area contributed by atoms with Gasteiger partial charge in [0.05, 0.1) is 11.8 Å². The summed E-state index contributed by atoms with van der Waals surface area (Å²) in [5.74, 6) is -1.02. The molecule has 20 heavy (non-hydrogen) atoms. The molecule has 0 aliphatic heterocycles. The maximum absolute atomic E-state index is 13.5. The lowest BCUT2D eigenvalue weighted by molar-refractivity contribution is 0.0938. The summed E-state index contributed by atoms with van der Waals surface area (Å²) in [5, 5.41) is 2.69. The predicted molar refractivity (Wildman–Crippen MR) is 70.4 cm³/mol. The second-order valence-electron chi connectivity index (χ2n) is 4.67. The van der Waals surface area contributed by atoms with Crippen LogP contribution in [0.4, 0.5) is 8.78 Å². The van der Waals surface area contributed by atoms with E-state index in [2.05, 4.69) is 5.32 Å². The average Bonchev–Trinajstić information content (AvgIpc) is 2.80. The molecule has 0 aliphatic carbocycles. The van der Waals surface area contributed by atoms with Crippen molar-refractivity contribution in [2.75, 3.05) is 0 Å². The molecule has 1 aromatic carbocycles. The molecular formula is C15H15F2NO2. The molecule has 2 rings (SSSR count). The van der Waals surface area contributed by atoms with Gasteiger partial charge in [0.25, 0.3) is 5.91 Å². The first-order valence-electron chi connectivity index (χ1n) is 6.27. The van der Waals surface area contributed by atoms with Gasteiger partial charge in [-0.1, -0.05) is 6.07 Å². The number of rotatable bonds is 4. The van der Waals surface area contributed by atoms with E-state index >= 15 is 0 Å². The standard InChI is InChI=1S/C15H15F2NO2/c1-9(8-12-13(16)4-3-5-14(12)17)18-15(19)11-6-7-20-10(11)2/h3-7,9H,8H2,1-2H3,(H,18,19)/t9-/m0/s1. The topological polar surface area (TPSA) is 42.2 Å². The van der Waals surface area contributed by atoms with Crippen molar-refractivity contribution in [2.45, 2.75) is 26.3 Å². The molecule has 5 heteroatoms. The molecule has 1 atom stereocenters. The molecule has 0 radical (unpaired) electrons. The molecular weight excluding hydrogens is 264 g/mol. The molecule has 0 saturated carbocycles. The summed E-state index contributed by atoms with van der Waals surface area (Å²) in [7, 11) is 0. The van der Waals surface area contributed by atoms with Crippen LogP contribution >= 0.6 is 0 Å². The Labute approximate surface area is 115 Å². The van der Waals surface area contributed by atoms with Gasteiger partial charge in [-0.3, -0.25) is 4.79 Å². The molecule has 3 nitrogen and oxygen atoms in total. The van der Waals surface area contributed by atoms with E-state index in [0.717, 1.165) is 0 Å². The summed E-state index contributed by atoms with van der Waals surface area (Å²) in [6, 6.07) is 4.87. The fraction of sp³-hybridized carbons (Fsp3) is 0.267. The first kappa shape index (κ1) is 14.2. The van der Waals surface area contributed by atoms with Crippen LogP contribution in [0, 0.1) is 18.6 Å². The van der Waals surface area contributed by atoms with Gasteiger partial charge in [0.1, 0.15) is 17.4 Å². The van der Waals surface area contributed by atoms with E-state index in [0.29, 0.717) is 11.3 Å². The van der Waals surface area contributed by atoms with Gasteiger partial charge in [-0.25, -0.2) is 8.78 Å². The van der Waals surface area contributed by atoms with E-state index in [-0.39, 0.29) is 17.9 Å². The highest BCUT2D eigenvalue weighted by Gasteiger charge is 2.17. The summed E-state index contributed by atoms with van der Waals surface area (Å²) < 4.78 is 32.1. The van der Waals surface area contributed by atoms with Crippen LogP contribution in [0.25, 0.3) is 0 Å². The average molecular weight is 279 g/mol. The van der Waals surface area contributed by atoms with Crippen LogP contribution in [0.1, 0.15) is 28.6 Å². The van der Waals surface area contributed by atoms with E-state index in [4.69, 9.17) is 4.42 Å². The minimum atomic E-state index is -0.606. The zero-order valence-corrected chi connectivity index (χ0v) is 11.2. The molecule has 0 unspecified atom stereocenters. The van der Waals surface area contributed by atoms with Gasteiger partial charge in [-0.05, 0) is 38.5 Å². The number of aryl methyl sites for hydroxylation is 1. The van der Waals surface area contributed by atoms with Gasteiger partial charge in [0.15, 0.2) is 0 Å².